The van der Waals surface area contributed by atoms with Crippen LogP contribution in [0, 0.1) is 23.7 Å². The van der Waals surface area contributed by atoms with Crippen molar-refractivity contribution in [2.24, 2.45) is 23.7 Å². The topological polar surface area (TPSA) is 25.8 Å². The Labute approximate surface area is 192 Å². The van der Waals surface area contributed by atoms with Crippen LogP contribution in [0.2, 0.25) is 0 Å². The standard InChI is InChI=1S/C29H48N2/c1-3-5-7-23-8-12-24(13-9-23)25-16-18-26(19-17-25)28-20-30-29(31-21-28)27-14-10-22(6-4-2)11-15-27/h20-27H,3-19H2,1-2H3. The Balaban J connectivity index is 1.21. The summed E-state index contributed by atoms with van der Waals surface area (Å²) in [5.41, 5.74) is 1.42. The third kappa shape index (κ3) is 6.32. The Kier molecular flexibility index (Phi) is 8.85. The second kappa shape index (κ2) is 11.8. The van der Waals surface area contributed by atoms with Crippen LogP contribution in [0.4, 0.5) is 0 Å². The van der Waals surface area contributed by atoms with Crippen molar-refractivity contribution in [1.82, 2.24) is 9.97 Å². The minimum Gasteiger partial charge on any atom is -0.241 e. The van der Waals surface area contributed by atoms with Gasteiger partial charge in [0.2, 0.25) is 0 Å². The molecular formula is C29H48N2. The van der Waals surface area contributed by atoms with E-state index in [4.69, 9.17) is 9.97 Å². The molecule has 1 heterocycles. The van der Waals surface area contributed by atoms with Gasteiger partial charge in [-0.1, -0.05) is 58.8 Å². The first kappa shape index (κ1) is 23.2. The summed E-state index contributed by atoms with van der Waals surface area (Å²) in [6.07, 6.45) is 28.5. The van der Waals surface area contributed by atoms with Gasteiger partial charge in [-0.3, -0.25) is 0 Å². The quantitative estimate of drug-likeness (QED) is 0.416. The van der Waals surface area contributed by atoms with E-state index in [-0.39, 0.29) is 0 Å². The van der Waals surface area contributed by atoms with Crippen LogP contribution in [0.15, 0.2) is 12.4 Å². The van der Waals surface area contributed by atoms with E-state index in [1.54, 1.807) is 0 Å². The van der Waals surface area contributed by atoms with Gasteiger partial charge in [-0.15, -0.1) is 0 Å². The molecule has 0 N–H and O–H groups in total. The zero-order valence-corrected chi connectivity index (χ0v) is 20.5. The Hall–Kier alpha value is -0.920. The van der Waals surface area contributed by atoms with Gasteiger partial charge >= 0.3 is 0 Å². The zero-order chi connectivity index (χ0) is 21.5. The lowest BCUT2D eigenvalue weighted by molar-refractivity contribution is 0.155. The highest BCUT2D eigenvalue weighted by Gasteiger charge is 2.31. The number of unbranched alkanes of at least 4 members (excludes halogenated alkanes) is 1. The van der Waals surface area contributed by atoms with Crippen LogP contribution in [0.1, 0.15) is 146 Å². The van der Waals surface area contributed by atoms with Crippen LogP contribution in [0.5, 0.6) is 0 Å². The first-order valence-electron chi connectivity index (χ1n) is 14.1. The molecule has 0 spiro atoms. The smallest absolute Gasteiger partial charge is 0.131 e. The zero-order valence-electron chi connectivity index (χ0n) is 20.5. The first-order chi connectivity index (χ1) is 15.3. The van der Waals surface area contributed by atoms with Gasteiger partial charge in [-0.2, -0.15) is 0 Å². The summed E-state index contributed by atoms with van der Waals surface area (Å²) in [7, 11) is 0. The molecule has 0 unspecified atom stereocenters. The molecule has 0 aliphatic heterocycles. The monoisotopic (exact) mass is 424 g/mol. The molecule has 0 aromatic carbocycles. The van der Waals surface area contributed by atoms with Crippen LogP contribution in [-0.4, -0.2) is 9.97 Å². The number of rotatable bonds is 8. The van der Waals surface area contributed by atoms with Crippen molar-refractivity contribution >= 4 is 0 Å². The molecular weight excluding hydrogens is 376 g/mol. The fraction of sp³-hybridized carbons (Fsp3) is 0.862. The fourth-order valence-electron chi connectivity index (χ4n) is 7.25. The molecule has 0 radical (unpaired) electrons. The summed E-state index contributed by atoms with van der Waals surface area (Å²) in [6.45, 7) is 4.65. The average Bonchev–Trinajstić information content (AvgIpc) is 2.84. The van der Waals surface area contributed by atoms with Crippen LogP contribution < -0.4 is 0 Å². The average molecular weight is 425 g/mol. The van der Waals surface area contributed by atoms with E-state index >= 15 is 0 Å². The molecule has 0 amide bonds. The molecule has 174 valence electrons. The van der Waals surface area contributed by atoms with Gasteiger partial charge in [0.15, 0.2) is 0 Å². The Bertz CT molecular complexity index is 615. The maximum atomic E-state index is 4.88. The van der Waals surface area contributed by atoms with E-state index in [1.165, 1.54) is 115 Å². The molecule has 0 bridgehead atoms. The van der Waals surface area contributed by atoms with Crippen molar-refractivity contribution < 1.29 is 0 Å². The number of hydrogen-bond donors (Lipinski definition) is 0. The predicted octanol–water partition coefficient (Wildman–Crippen LogP) is 8.82. The molecule has 0 atom stereocenters. The summed E-state index contributed by atoms with van der Waals surface area (Å²) >= 11 is 0. The third-order valence-corrected chi connectivity index (χ3v) is 9.37. The summed E-state index contributed by atoms with van der Waals surface area (Å²) in [5, 5.41) is 0. The maximum Gasteiger partial charge on any atom is 0.131 e. The van der Waals surface area contributed by atoms with Crippen molar-refractivity contribution in [3.63, 3.8) is 0 Å². The highest BCUT2D eigenvalue weighted by Crippen LogP contribution is 2.44. The molecule has 3 aliphatic carbocycles. The van der Waals surface area contributed by atoms with Crippen LogP contribution >= 0.6 is 0 Å². The van der Waals surface area contributed by atoms with Crippen molar-refractivity contribution in [1.29, 1.82) is 0 Å². The lowest BCUT2D eigenvalue weighted by Crippen LogP contribution is -2.25. The molecule has 0 saturated heterocycles. The second-order valence-electron chi connectivity index (χ2n) is 11.4. The van der Waals surface area contributed by atoms with Gasteiger partial charge < -0.3 is 0 Å². The van der Waals surface area contributed by atoms with E-state index in [0.717, 1.165) is 29.5 Å². The Morgan fingerprint density at radius 2 is 1.13 bits per heavy atom. The van der Waals surface area contributed by atoms with Crippen molar-refractivity contribution in [3.8, 4) is 0 Å². The number of nitrogens with zero attached hydrogens (tertiary/aromatic N) is 2. The molecule has 3 fully saturated rings. The summed E-state index contributed by atoms with van der Waals surface area (Å²) in [5.74, 6) is 6.50. The number of hydrogen-bond acceptors (Lipinski definition) is 2. The van der Waals surface area contributed by atoms with Gasteiger partial charge in [-0.05, 0) is 99.4 Å². The Morgan fingerprint density at radius 3 is 1.71 bits per heavy atom. The Morgan fingerprint density at radius 1 is 0.613 bits per heavy atom. The van der Waals surface area contributed by atoms with E-state index in [2.05, 4.69) is 26.2 Å². The van der Waals surface area contributed by atoms with Gasteiger partial charge in [-0.25, -0.2) is 9.97 Å². The molecule has 1 aromatic heterocycles. The highest BCUT2D eigenvalue weighted by atomic mass is 14.9. The van der Waals surface area contributed by atoms with Crippen LogP contribution in [0.3, 0.4) is 0 Å². The van der Waals surface area contributed by atoms with Gasteiger partial charge in [0.05, 0.1) is 0 Å². The van der Waals surface area contributed by atoms with E-state index in [9.17, 15) is 0 Å². The molecule has 31 heavy (non-hydrogen) atoms. The number of aromatic nitrogens is 2. The van der Waals surface area contributed by atoms with E-state index in [0.29, 0.717) is 11.8 Å². The molecule has 3 saturated carbocycles. The van der Waals surface area contributed by atoms with E-state index < -0.39 is 0 Å². The SMILES string of the molecule is CCCCC1CCC(C2CCC(c3cnc(C4CCC(CCC)CC4)nc3)CC2)CC1. The molecule has 2 nitrogen and oxygen atoms in total. The van der Waals surface area contributed by atoms with Crippen molar-refractivity contribution in [3.05, 3.63) is 23.8 Å². The van der Waals surface area contributed by atoms with Gasteiger partial charge in [0, 0.05) is 18.3 Å². The minimum atomic E-state index is 0.616. The van der Waals surface area contributed by atoms with E-state index in [1.807, 2.05) is 0 Å². The van der Waals surface area contributed by atoms with Crippen LogP contribution in [-0.2, 0) is 0 Å². The van der Waals surface area contributed by atoms with Crippen molar-refractivity contribution in [2.45, 2.75) is 135 Å². The van der Waals surface area contributed by atoms with Gasteiger partial charge in [0.1, 0.15) is 5.82 Å². The van der Waals surface area contributed by atoms with Crippen LogP contribution in [0.25, 0.3) is 0 Å². The third-order valence-electron chi connectivity index (χ3n) is 9.37. The lowest BCUT2D eigenvalue weighted by atomic mass is 9.68. The minimum absolute atomic E-state index is 0.616. The molecule has 2 heteroatoms. The normalized spacial score (nSPS) is 34.5. The fourth-order valence-corrected chi connectivity index (χ4v) is 7.25. The largest absolute Gasteiger partial charge is 0.241 e. The predicted molar refractivity (Wildman–Crippen MR) is 131 cm³/mol. The maximum absolute atomic E-state index is 4.88. The summed E-state index contributed by atoms with van der Waals surface area (Å²) < 4.78 is 0. The lowest BCUT2D eigenvalue weighted by Gasteiger charge is -2.38. The highest BCUT2D eigenvalue weighted by molar-refractivity contribution is 5.14. The molecule has 1 aromatic rings. The molecule has 3 aliphatic rings. The first-order valence-corrected chi connectivity index (χ1v) is 14.1. The second-order valence-corrected chi connectivity index (χ2v) is 11.4. The van der Waals surface area contributed by atoms with Gasteiger partial charge in [0.25, 0.3) is 0 Å². The van der Waals surface area contributed by atoms with Crippen molar-refractivity contribution in [2.75, 3.05) is 0 Å². The molecule has 4 rings (SSSR count). The summed E-state index contributed by atoms with van der Waals surface area (Å²) in [4.78, 5) is 9.76. The summed E-state index contributed by atoms with van der Waals surface area (Å²) in [6, 6.07) is 0.